The molecule has 3 heteroatoms. The third kappa shape index (κ3) is 2.88. The molecule has 0 spiro atoms. The van der Waals surface area contributed by atoms with Crippen LogP contribution in [0.5, 0.6) is 0 Å². The number of halogens is 2. The van der Waals surface area contributed by atoms with Crippen molar-refractivity contribution in [2.75, 3.05) is 5.32 Å². The lowest BCUT2D eigenvalue weighted by atomic mass is 9.75. The van der Waals surface area contributed by atoms with Crippen molar-refractivity contribution in [1.29, 1.82) is 0 Å². The summed E-state index contributed by atoms with van der Waals surface area (Å²) in [5.41, 5.74) is 3.28. The first-order valence-electron chi connectivity index (χ1n) is 6.90. The maximum absolute atomic E-state index is 13.7. The first kappa shape index (κ1) is 13.6. The Bertz CT molecular complexity index is 603. The predicted octanol–water partition coefficient (Wildman–Crippen LogP) is 5.25. The van der Waals surface area contributed by atoms with E-state index in [0.29, 0.717) is 17.6 Å². The quantitative estimate of drug-likeness (QED) is 0.808. The summed E-state index contributed by atoms with van der Waals surface area (Å²) in [7, 11) is 0. The highest BCUT2D eigenvalue weighted by Gasteiger charge is 2.30. The molecule has 0 bridgehead atoms. The maximum atomic E-state index is 13.7. The molecule has 0 saturated heterocycles. The van der Waals surface area contributed by atoms with E-state index in [0.717, 1.165) is 17.3 Å². The minimum absolute atomic E-state index is 0.196. The van der Waals surface area contributed by atoms with Crippen LogP contribution in [0.3, 0.4) is 0 Å². The Morgan fingerprint density at radius 1 is 1.10 bits per heavy atom. The van der Waals surface area contributed by atoms with Crippen LogP contribution in [-0.4, -0.2) is 6.04 Å². The normalized spacial score (nSPS) is 21.4. The highest BCUT2D eigenvalue weighted by Crippen LogP contribution is 2.38. The molecule has 0 unspecified atom stereocenters. The lowest BCUT2D eigenvalue weighted by Crippen LogP contribution is -2.34. The minimum Gasteiger partial charge on any atom is -0.380 e. The van der Waals surface area contributed by atoms with Gasteiger partial charge in [-0.3, -0.25) is 0 Å². The highest BCUT2D eigenvalue weighted by atomic mass is 79.9. The molecule has 1 aliphatic rings. The van der Waals surface area contributed by atoms with Gasteiger partial charge in [0.15, 0.2) is 0 Å². The molecule has 3 rings (SSSR count). The van der Waals surface area contributed by atoms with Crippen LogP contribution in [0.15, 0.2) is 46.9 Å². The Balaban J connectivity index is 1.59. The monoisotopic (exact) mass is 333 g/mol. The zero-order valence-corrected chi connectivity index (χ0v) is 13.0. The second-order valence-corrected chi connectivity index (χ2v) is 6.46. The fourth-order valence-electron chi connectivity index (χ4n) is 2.67. The zero-order chi connectivity index (χ0) is 14.1. The van der Waals surface area contributed by atoms with E-state index in [2.05, 4.69) is 52.4 Å². The Morgan fingerprint density at radius 3 is 2.45 bits per heavy atom. The summed E-state index contributed by atoms with van der Waals surface area (Å²) in [6.07, 6.45) is 2.14. The van der Waals surface area contributed by atoms with Gasteiger partial charge in [0, 0.05) is 10.5 Å². The van der Waals surface area contributed by atoms with Crippen LogP contribution in [0, 0.1) is 12.7 Å². The van der Waals surface area contributed by atoms with Crippen molar-refractivity contribution in [3.8, 4) is 0 Å². The molecule has 1 aliphatic carbocycles. The first-order valence-corrected chi connectivity index (χ1v) is 7.69. The van der Waals surface area contributed by atoms with Gasteiger partial charge >= 0.3 is 0 Å². The lowest BCUT2D eigenvalue weighted by molar-refractivity contribution is 0.373. The summed E-state index contributed by atoms with van der Waals surface area (Å²) < 4.78 is 14.5. The molecule has 0 radical (unpaired) electrons. The molecular formula is C17H17BrFN. The number of anilines is 1. The summed E-state index contributed by atoms with van der Waals surface area (Å²) in [6.45, 7) is 2.10. The molecular weight excluding hydrogens is 317 g/mol. The van der Waals surface area contributed by atoms with Crippen molar-refractivity contribution in [2.45, 2.75) is 31.7 Å². The van der Waals surface area contributed by atoms with Crippen LogP contribution in [0.25, 0.3) is 0 Å². The largest absolute Gasteiger partial charge is 0.380 e. The third-order valence-electron chi connectivity index (χ3n) is 3.98. The fraction of sp³-hybridized carbons (Fsp3) is 0.294. The fourth-order valence-corrected chi connectivity index (χ4v) is 3.01. The Morgan fingerprint density at radius 2 is 1.80 bits per heavy atom. The van der Waals surface area contributed by atoms with Crippen LogP contribution in [-0.2, 0) is 0 Å². The molecule has 0 heterocycles. The van der Waals surface area contributed by atoms with E-state index in [1.165, 1.54) is 17.2 Å². The van der Waals surface area contributed by atoms with Crippen LogP contribution < -0.4 is 5.32 Å². The summed E-state index contributed by atoms with van der Waals surface area (Å²) in [5.74, 6) is 0.407. The predicted molar refractivity (Wildman–Crippen MR) is 84.7 cm³/mol. The molecule has 2 aromatic carbocycles. The smallest absolute Gasteiger partial charge is 0.147 e. The summed E-state index contributed by atoms with van der Waals surface area (Å²) >= 11 is 3.27. The van der Waals surface area contributed by atoms with Gasteiger partial charge in [0.1, 0.15) is 5.82 Å². The number of hydrogen-bond donors (Lipinski definition) is 1. The molecule has 0 amide bonds. The van der Waals surface area contributed by atoms with E-state index in [1.807, 2.05) is 6.07 Å². The molecule has 1 nitrogen and oxygen atoms in total. The summed E-state index contributed by atoms with van der Waals surface area (Å²) in [4.78, 5) is 0. The summed E-state index contributed by atoms with van der Waals surface area (Å²) in [5, 5.41) is 3.29. The van der Waals surface area contributed by atoms with E-state index >= 15 is 0 Å². The van der Waals surface area contributed by atoms with Crippen LogP contribution >= 0.6 is 15.9 Å². The van der Waals surface area contributed by atoms with Gasteiger partial charge in [-0.25, -0.2) is 4.39 Å². The molecule has 0 aliphatic heterocycles. The second kappa shape index (κ2) is 5.57. The number of nitrogens with one attached hydrogen (secondary N) is 1. The van der Waals surface area contributed by atoms with Crippen molar-refractivity contribution >= 4 is 21.6 Å². The molecule has 104 valence electrons. The van der Waals surface area contributed by atoms with Crippen LogP contribution in [0.2, 0.25) is 0 Å². The number of hydrogen-bond acceptors (Lipinski definition) is 1. The SMILES string of the molecule is Cc1ccc(C2CC(Nc3ccc(Br)cc3F)C2)cc1. The molecule has 1 N–H and O–H groups in total. The molecule has 20 heavy (non-hydrogen) atoms. The minimum atomic E-state index is -0.196. The number of benzene rings is 2. The first-order chi connectivity index (χ1) is 9.61. The molecule has 1 saturated carbocycles. The van der Waals surface area contributed by atoms with Crippen molar-refractivity contribution in [1.82, 2.24) is 0 Å². The van der Waals surface area contributed by atoms with Gasteiger partial charge in [0.05, 0.1) is 5.69 Å². The van der Waals surface area contributed by atoms with Gasteiger partial charge < -0.3 is 5.32 Å². The highest BCUT2D eigenvalue weighted by molar-refractivity contribution is 9.10. The van der Waals surface area contributed by atoms with Crippen LogP contribution in [0.1, 0.15) is 29.9 Å². The zero-order valence-electron chi connectivity index (χ0n) is 11.4. The number of aryl methyl sites for hydroxylation is 1. The van der Waals surface area contributed by atoms with Gasteiger partial charge in [-0.1, -0.05) is 45.8 Å². The molecule has 0 atom stereocenters. The molecule has 1 fully saturated rings. The van der Waals surface area contributed by atoms with Gasteiger partial charge in [-0.05, 0) is 49.4 Å². The van der Waals surface area contributed by atoms with Gasteiger partial charge in [0.25, 0.3) is 0 Å². The van der Waals surface area contributed by atoms with E-state index in [9.17, 15) is 4.39 Å². The lowest BCUT2D eigenvalue weighted by Gasteiger charge is -2.37. The Hall–Kier alpha value is -1.35. The van der Waals surface area contributed by atoms with Gasteiger partial charge in [-0.2, -0.15) is 0 Å². The van der Waals surface area contributed by atoms with E-state index < -0.39 is 0 Å². The maximum Gasteiger partial charge on any atom is 0.147 e. The van der Waals surface area contributed by atoms with Gasteiger partial charge in [-0.15, -0.1) is 0 Å². The number of rotatable bonds is 3. The Kier molecular flexibility index (Phi) is 3.79. The third-order valence-corrected chi connectivity index (χ3v) is 4.47. The average Bonchev–Trinajstić information content (AvgIpc) is 2.37. The second-order valence-electron chi connectivity index (χ2n) is 5.54. The van der Waals surface area contributed by atoms with E-state index in [-0.39, 0.29) is 5.82 Å². The topological polar surface area (TPSA) is 12.0 Å². The van der Waals surface area contributed by atoms with E-state index in [4.69, 9.17) is 0 Å². The van der Waals surface area contributed by atoms with E-state index in [1.54, 1.807) is 6.07 Å². The van der Waals surface area contributed by atoms with Crippen molar-refractivity contribution in [3.63, 3.8) is 0 Å². The van der Waals surface area contributed by atoms with Crippen molar-refractivity contribution < 1.29 is 4.39 Å². The van der Waals surface area contributed by atoms with Crippen molar-refractivity contribution in [2.24, 2.45) is 0 Å². The van der Waals surface area contributed by atoms with Crippen molar-refractivity contribution in [3.05, 3.63) is 63.9 Å². The molecule has 2 aromatic rings. The summed E-state index contributed by atoms with van der Waals surface area (Å²) in [6, 6.07) is 14.2. The van der Waals surface area contributed by atoms with Crippen LogP contribution in [0.4, 0.5) is 10.1 Å². The molecule has 0 aromatic heterocycles. The Labute approximate surface area is 127 Å². The standard InChI is InChI=1S/C17H17BrFN/c1-11-2-4-12(5-3-11)13-8-15(9-13)20-17-7-6-14(18)10-16(17)19/h2-7,10,13,15,20H,8-9H2,1H3. The van der Waals surface area contributed by atoms with Gasteiger partial charge in [0.2, 0.25) is 0 Å². The average molecular weight is 334 g/mol.